The van der Waals surface area contributed by atoms with Crippen molar-refractivity contribution < 1.29 is 13.2 Å². The number of amides is 2. The first kappa shape index (κ1) is 16.3. The fraction of sp³-hybridized carbons (Fsp3) is 0.588. The van der Waals surface area contributed by atoms with Crippen LogP contribution in [0.15, 0.2) is 24.3 Å². The maximum Gasteiger partial charge on any atom is 0.317 e. The minimum Gasteiger partial charge on any atom is -0.337 e. The summed E-state index contributed by atoms with van der Waals surface area (Å²) in [6.07, 6.45) is 3.88. The van der Waals surface area contributed by atoms with Gasteiger partial charge in [-0.15, -0.1) is 0 Å². The Kier molecular flexibility index (Phi) is 4.62. The van der Waals surface area contributed by atoms with Crippen LogP contribution in [0.4, 0.5) is 4.79 Å². The van der Waals surface area contributed by atoms with Crippen molar-refractivity contribution in [1.29, 1.82) is 0 Å². The number of urea groups is 1. The Morgan fingerprint density at radius 1 is 1.30 bits per heavy atom. The zero-order valence-corrected chi connectivity index (χ0v) is 14.3. The van der Waals surface area contributed by atoms with Gasteiger partial charge in [-0.25, -0.2) is 13.2 Å². The van der Waals surface area contributed by atoms with Gasteiger partial charge in [0, 0.05) is 25.6 Å². The molecule has 1 saturated heterocycles. The zero-order chi connectivity index (χ0) is 16.4. The fourth-order valence-electron chi connectivity index (χ4n) is 3.65. The van der Waals surface area contributed by atoms with Crippen molar-refractivity contribution in [3.63, 3.8) is 0 Å². The van der Waals surface area contributed by atoms with Gasteiger partial charge >= 0.3 is 6.03 Å². The molecule has 1 aliphatic heterocycles. The number of sulfone groups is 1. The number of nitrogens with zero attached hydrogens (tertiary/aromatic N) is 1. The van der Waals surface area contributed by atoms with Crippen LogP contribution in [0.3, 0.4) is 0 Å². The average Bonchev–Trinajstić information content (AvgIpc) is 2.91. The molecule has 6 heteroatoms. The Bertz CT molecular complexity index is 687. The van der Waals surface area contributed by atoms with E-state index < -0.39 is 9.84 Å². The molecule has 1 aliphatic carbocycles. The molecule has 0 radical (unpaired) electrons. The van der Waals surface area contributed by atoms with E-state index in [1.165, 1.54) is 11.1 Å². The monoisotopic (exact) mass is 336 g/mol. The largest absolute Gasteiger partial charge is 0.337 e. The van der Waals surface area contributed by atoms with Crippen molar-refractivity contribution in [3.05, 3.63) is 35.4 Å². The van der Waals surface area contributed by atoms with Crippen LogP contribution in [0.2, 0.25) is 0 Å². The van der Waals surface area contributed by atoms with Crippen molar-refractivity contribution in [3.8, 4) is 0 Å². The second-order valence-electron chi connectivity index (χ2n) is 6.64. The van der Waals surface area contributed by atoms with E-state index in [2.05, 4.69) is 29.6 Å². The molecule has 5 nitrogen and oxygen atoms in total. The summed E-state index contributed by atoms with van der Waals surface area (Å²) >= 11 is 0. The lowest BCUT2D eigenvalue weighted by Gasteiger charge is -2.28. The highest BCUT2D eigenvalue weighted by Gasteiger charge is 2.33. The molecule has 1 fully saturated rings. The molecule has 0 spiro atoms. The summed E-state index contributed by atoms with van der Waals surface area (Å²) in [6, 6.07) is 8.06. The lowest BCUT2D eigenvalue weighted by molar-refractivity contribution is 0.194. The molecular weight excluding hydrogens is 312 g/mol. The van der Waals surface area contributed by atoms with E-state index in [0.29, 0.717) is 18.9 Å². The van der Waals surface area contributed by atoms with Gasteiger partial charge in [-0.3, -0.25) is 0 Å². The van der Waals surface area contributed by atoms with Crippen LogP contribution >= 0.6 is 0 Å². The summed E-state index contributed by atoms with van der Waals surface area (Å²) in [7, 11) is -1.28. The Hall–Kier alpha value is -1.56. The standard InChI is InChI=1S/C17H24N2O3S/c1-19(15-9-10-23(21,22)12-15)17(20)18-11-14-7-4-6-13-5-2-3-8-16(13)14/h2-3,5,8,14-15H,4,6-7,9-12H2,1H3,(H,18,20)/t14-,15-/m1/s1. The molecule has 126 valence electrons. The second kappa shape index (κ2) is 6.51. The predicted octanol–water partition coefficient (Wildman–Crippen LogP) is 1.94. The number of hydrogen-bond acceptors (Lipinski definition) is 3. The van der Waals surface area contributed by atoms with Crippen molar-refractivity contribution in [2.45, 2.75) is 37.6 Å². The Balaban J connectivity index is 1.58. The summed E-state index contributed by atoms with van der Waals surface area (Å²) in [5.74, 6) is 0.624. The van der Waals surface area contributed by atoms with Gasteiger partial charge in [-0.1, -0.05) is 24.3 Å². The number of benzene rings is 1. The normalized spacial score (nSPS) is 25.6. The molecule has 0 aromatic heterocycles. The Morgan fingerprint density at radius 2 is 2.09 bits per heavy atom. The van der Waals surface area contributed by atoms with Crippen molar-refractivity contribution >= 4 is 15.9 Å². The summed E-state index contributed by atoms with van der Waals surface area (Å²) in [4.78, 5) is 13.9. The number of rotatable bonds is 3. The smallest absolute Gasteiger partial charge is 0.317 e. The zero-order valence-electron chi connectivity index (χ0n) is 13.5. The van der Waals surface area contributed by atoms with E-state index in [1.54, 1.807) is 11.9 Å². The summed E-state index contributed by atoms with van der Waals surface area (Å²) in [5.41, 5.74) is 2.72. The first-order chi connectivity index (χ1) is 11.0. The maximum atomic E-state index is 12.3. The molecule has 1 N–H and O–H groups in total. The molecule has 2 atom stereocenters. The second-order valence-corrected chi connectivity index (χ2v) is 8.87. The first-order valence-corrected chi connectivity index (χ1v) is 10.1. The third-order valence-corrected chi connectivity index (χ3v) is 6.82. The van der Waals surface area contributed by atoms with Gasteiger partial charge in [0.1, 0.15) is 0 Å². The molecule has 0 saturated carbocycles. The van der Waals surface area contributed by atoms with Crippen LogP contribution < -0.4 is 5.32 Å². The maximum absolute atomic E-state index is 12.3. The molecule has 3 rings (SSSR count). The molecule has 1 aromatic rings. The van der Waals surface area contributed by atoms with Gasteiger partial charge in [0.25, 0.3) is 0 Å². The molecule has 2 aliphatic rings. The molecular formula is C17H24N2O3S. The van der Waals surface area contributed by atoms with E-state index in [-0.39, 0.29) is 23.6 Å². The lowest BCUT2D eigenvalue weighted by Crippen LogP contribution is -2.45. The van der Waals surface area contributed by atoms with E-state index in [4.69, 9.17) is 0 Å². The first-order valence-electron chi connectivity index (χ1n) is 8.25. The number of carbonyl (C=O) groups excluding carboxylic acids is 1. The predicted molar refractivity (Wildman–Crippen MR) is 90.3 cm³/mol. The highest BCUT2D eigenvalue weighted by molar-refractivity contribution is 7.91. The number of fused-ring (bicyclic) bond motifs is 1. The van der Waals surface area contributed by atoms with Gasteiger partial charge in [0.15, 0.2) is 9.84 Å². The van der Waals surface area contributed by atoms with E-state index >= 15 is 0 Å². The van der Waals surface area contributed by atoms with Crippen molar-refractivity contribution in [2.75, 3.05) is 25.1 Å². The van der Waals surface area contributed by atoms with E-state index in [1.807, 2.05) is 0 Å². The van der Waals surface area contributed by atoms with Crippen LogP contribution in [-0.2, 0) is 16.3 Å². The number of aryl methyl sites for hydroxylation is 1. The van der Waals surface area contributed by atoms with Gasteiger partial charge < -0.3 is 10.2 Å². The van der Waals surface area contributed by atoms with E-state index in [9.17, 15) is 13.2 Å². The van der Waals surface area contributed by atoms with Gasteiger partial charge in [0.2, 0.25) is 0 Å². The number of hydrogen-bond donors (Lipinski definition) is 1. The van der Waals surface area contributed by atoms with Crippen LogP contribution in [0.25, 0.3) is 0 Å². The Labute approximate surface area is 138 Å². The molecule has 0 unspecified atom stereocenters. The molecule has 23 heavy (non-hydrogen) atoms. The SMILES string of the molecule is CN(C(=O)NC[C@H]1CCCc2ccccc21)[C@@H]1CCS(=O)(=O)C1. The fourth-order valence-corrected chi connectivity index (χ4v) is 5.42. The minimum absolute atomic E-state index is 0.0865. The summed E-state index contributed by atoms with van der Waals surface area (Å²) in [5, 5.41) is 2.99. The van der Waals surface area contributed by atoms with Crippen molar-refractivity contribution in [1.82, 2.24) is 10.2 Å². The quantitative estimate of drug-likeness (QED) is 0.917. The Morgan fingerprint density at radius 3 is 2.83 bits per heavy atom. The topological polar surface area (TPSA) is 66.5 Å². The van der Waals surface area contributed by atoms with Crippen LogP contribution in [0.5, 0.6) is 0 Å². The lowest BCUT2D eigenvalue weighted by atomic mass is 9.83. The summed E-state index contributed by atoms with van der Waals surface area (Å²) in [6.45, 7) is 0.611. The third kappa shape index (κ3) is 3.68. The molecule has 0 bridgehead atoms. The van der Waals surface area contributed by atoms with Crippen LogP contribution in [-0.4, -0.2) is 50.5 Å². The van der Waals surface area contributed by atoms with Crippen LogP contribution in [0.1, 0.15) is 36.3 Å². The van der Waals surface area contributed by atoms with Crippen molar-refractivity contribution in [2.24, 2.45) is 0 Å². The molecule has 1 aromatic carbocycles. The summed E-state index contributed by atoms with van der Waals surface area (Å²) < 4.78 is 23.1. The highest BCUT2D eigenvalue weighted by atomic mass is 32.2. The third-order valence-electron chi connectivity index (χ3n) is 5.07. The highest BCUT2D eigenvalue weighted by Crippen LogP contribution is 2.30. The average molecular weight is 336 g/mol. The molecule has 1 heterocycles. The molecule has 2 amide bonds. The van der Waals surface area contributed by atoms with Crippen LogP contribution in [0, 0.1) is 0 Å². The van der Waals surface area contributed by atoms with Gasteiger partial charge in [-0.05, 0) is 36.8 Å². The van der Waals surface area contributed by atoms with Gasteiger partial charge in [-0.2, -0.15) is 0 Å². The number of nitrogens with one attached hydrogen (secondary N) is 1. The number of carbonyl (C=O) groups is 1. The minimum atomic E-state index is -2.97. The van der Waals surface area contributed by atoms with Gasteiger partial charge in [0.05, 0.1) is 11.5 Å². The van der Waals surface area contributed by atoms with E-state index in [0.717, 1.165) is 19.3 Å².